The lowest BCUT2D eigenvalue weighted by molar-refractivity contribution is -0.139. The van der Waals surface area contributed by atoms with Gasteiger partial charge >= 0.3 is 5.97 Å². The van der Waals surface area contributed by atoms with Crippen molar-refractivity contribution in [3.05, 3.63) is 34.4 Å². The van der Waals surface area contributed by atoms with Crippen molar-refractivity contribution in [2.24, 2.45) is 0 Å². The molecule has 0 spiro atoms. The Morgan fingerprint density at radius 2 is 2.12 bits per heavy atom. The average Bonchev–Trinajstić information content (AvgIpc) is 2.37. The third kappa shape index (κ3) is 3.31. The predicted molar refractivity (Wildman–Crippen MR) is 68.9 cm³/mol. The van der Waals surface area contributed by atoms with Crippen molar-refractivity contribution >= 4 is 21.9 Å². The zero-order chi connectivity index (χ0) is 12.8. The molecule has 0 aromatic heterocycles. The van der Waals surface area contributed by atoms with E-state index in [0.29, 0.717) is 10.9 Å². The minimum absolute atomic E-state index is 0.208. The van der Waals surface area contributed by atoms with E-state index in [1.807, 2.05) is 13.0 Å². The van der Waals surface area contributed by atoms with Gasteiger partial charge in [-0.15, -0.1) is 0 Å². The summed E-state index contributed by atoms with van der Waals surface area (Å²) in [6.45, 7) is 2.03. The fraction of sp³-hybridized carbons (Fsp3) is 0.385. The molecule has 0 N–H and O–H groups in total. The molecule has 0 amide bonds. The molecule has 0 aliphatic rings. The second kappa shape index (κ2) is 6.41. The number of methoxy groups -OCH3 is 1. The summed E-state index contributed by atoms with van der Waals surface area (Å²) in [5.74, 6) is -0.288. The number of alkyl halides is 1. The topological polar surface area (TPSA) is 50.1 Å². The van der Waals surface area contributed by atoms with Gasteiger partial charge in [-0.1, -0.05) is 22.9 Å². The quantitative estimate of drug-likeness (QED) is 0.634. The van der Waals surface area contributed by atoms with Gasteiger partial charge in [0.05, 0.1) is 25.2 Å². The van der Waals surface area contributed by atoms with Crippen LogP contribution in [0.1, 0.15) is 29.2 Å². The minimum atomic E-state index is -0.288. The molecule has 0 saturated carbocycles. The first-order chi connectivity index (χ1) is 8.15. The van der Waals surface area contributed by atoms with Crippen LogP contribution in [0.4, 0.5) is 0 Å². The zero-order valence-corrected chi connectivity index (χ0v) is 11.5. The monoisotopic (exact) mass is 295 g/mol. The number of aryl methyl sites for hydroxylation is 1. The highest BCUT2D eigenvalue weighted by Gasteiger charge is 2.12. The molecule has 1 aromatic carbocycles. The molecule has 1 aromatic rings. The molecular formula is C13H14BrNO2. The Hall–Kier alpha value is -1.34. The molecule has 0 bridgehead atoms. The third-order valence-electron chi connectivity index (χ3n) is 2.64. The van der Waals surface area contributed by atoms with Gasteiger partial charge in [0.1, 0.15) is 0 Å². The lowest BCUT2D eigenvalue weighted by Crippen LogP contribution is -2.08. The van der Waals surface area contributed by atoms with Gasteiger partial charge in [0.15, 0.2) is 0 Å². The number of carbonyl (C=O) groups excluding carboxylic acids is 1. The maximum atomic E-state index is 11.3. The molecule has 3 nitrogen and oxygen atoms in total. The van der Waals surface area contributed by atoms with Crippen LogP contribution in [-0.4, -0.2) is 13.1 Å². The number of ether oxygens (including phenoxy) is 1. The van der Waals surface area contributed by atoms with E-state index in [9.17, 15) is 4.79 Å². The van der Waals surface area contributed by atoms with Gasteiger partial charge in [0.2, 0.25) is 0 Å². The number of benzene rings is 1. The summed E-state index contributed by atoms with van der Waals surface area (Å²) in [6.07, 6.45) is 1.05. The van der Waals surface area contributed by atoms with Crippen molar-refractivity contribution in [2.45, 2.75) is 25.1 Å². The second-order valence-electron chi connectivity index (χ2n) is 3.62. The van der Waals surface area contributed by atoms with Crippen LogP contribution in [-0.2, 0) is 27.7 Å². The van der Waals surface area contributed by atoms with Gasteiger partial charge in [-0.3, -0.25) is 4.79 Å². The first kappa shape index (κ1) is 13.7. The van der Waals surface area contributed by atoms with Crippen molar-refractivity contribution in [3.8, 4) is 6.07 Å². The fourth-order valence-electron chi connectivity index (χ4n) is 1.73. The van der Waals surface area contributed by atoms with E-state index in [1.165, 1.54) is 7.11 Å². The Bertz CT molecular complexity index is 463. The Morgan fingerprint density at radius 3 is 2.59 bits per heavy atom. The molecule has 0 saturated heterocycles. The molecule has 0 fully saturated rings. The van der Waals surface area contributed by atoms with Gasteiger partial charge in [-0.05, 0) is 35.2 Å². The van der Waals surface area contributed by atoms with Crippen molar-refractivity contribution in [2.75, 3.05) is 7.11 Å². The Kier molecular flexibility index (Phi) is 5.17. The van der Waals surface area contributed by atoms with Gasteiger partial charge in [0, 0.05) is 5.33 Å². The number of carbonyl (C=O) groups is 1. The molecular weight excluding hydrogens is 282 g/mol. The zero-order valence-electron chi connectivity index (χ0n) is 9.92. The van der Waals surface area contributed by atoms with Crippen LogP contribution in [0.5, 0.6) is 0 Å². The lowest BCUT2D eigenvalue weighted by atomic mass is 9.95. The molecule has 90 valence electrons. The summed E-state index contributed by atoms with van der Waals surface area (Å²) in [5.41, 5.74) is 3.63. The van der Waals surface area contributed by atoms with E-state index in [1.54, 1.807) is 6.07 Å². The molecule has 1 rings (SSSR count). The third-order valence-corrected chi connectivity index (χ3v) is 3.20. The normalized spacial score (nSPS) is 9.76. The number of nitriles is 1. The summed E-state index contributed by atoms with van der Waals surface area (Å²) in [6, 6.07) is 5.75. The summed E-state index contributed by atoms with van der Waals surface area (Å²) in [7, 11) is 1.37. The van der Waals surface area contributed by atoms with Crippen molar-refractivity contribution in [1.29, 1.82) is 5.26 Å². The van der Waals surface area contributed by atoms with E-state index in [2.05, 4.69) is 26.7 Å². The molecule has 0 aliphatic carbocycles. The van der Waals surface area contributed by atoms with E-state index < -0.39 is 0 Å². The summed E-state index contributed by atoms with van der Waals surface area (Å²) in [5, 5.41) is 9.63. The van der Waals surface area contributed by atoms with Crippen LogP contribution in [0.3, 0.4) is 0 Å². The number of halogens is 1. The maximum Gasteiger partial charge on any atom is 0.309 e. The van der Waals surface area contributed by atoms with E-state index in [4.69, 9.17) is 5.26 Å². The molecule has 17 heavy (non-hydrogen) atoms. The number of rotatable bonds is 4. The minimum Gasteiger partial charge on any atom is -0.469 e. The number of hydrogen-bond donors (Lipinski definition) is 0. The first-order valence-corrected chi connectivity index (χ1v) is 6.45. The molecule has 0 atom stereocenters. The van der Waals surface area contributed by atoms with E-state index >= 15 is 0 Å². The highest BCUT2D eigenvalue weighted by atomic mass is 79.9. The van der Waals surface area contributed by atoms with Crippen LogP contribution < -0.4 is 0 Å². The molecule has 0 unspecified atom stereocenters. The van der Waals surface area contributed by atoms with Crippen molar-refractivity contribution < 1.29 is 9.53 Å². The number of esters is 1. The SMILES string of the molecule is CCc1cc(C#N)cc(CC(=O)OC)c1CBr. The molecule has 0 aliphatic heterocycles. The second-order valence-corrected chi connectivity index (χ2v) is 4.19. The van der Waals surface area contributed by atoms with Crippen LogP contribution in [0, 0.1) is 11.3 Å². The predicted octanol–water partition coefficient (Wildman–Crippen LogP) is 2.73. The summed E-state index contributed by atoms with van der Waals surface area (Å²) >= 11 is 3.42. The molecule has 0 radical (unpaired) electrons. The van der Waals surface area contributed by atoms with Crippen LogP contribution >= 0.6 is 15.9 Å². The van der Waals surface area contributed by atoms with Gasteiger partial charge < -0.3 is 4.74 Å². The highest BCUT2D eigenvalue weighted by Crippen LogP contribution is 2.22. The smallest absolute Gasteiger partial charge is 0.309 e. The van der Waals surface area contributed by atoms with Gasteiger partial charge in [0.25, 0.3) is 0 Å². The Balaban J connectivity index is 3.25. The highest BCUT2D eigenvalue weighted by molar-refractivity contribution is 9.08. The summed E-state index contributed by atoms with van der Waals surface area (Å²) < 4.78 is 4.66. The van der Waals surface area contributed by atoms with Crippen molar-refractivity contribution in [3.63, 3.8) is 0 Å². The van der Waals surface area contributed by atoms with E-state index in [0.717, 1.165) is 23.1 Å². The fourth-order valence-corrected chi connectivity index (χ4v) is 2.45. The van der Waals surface area contributed by atoms with Gasteiger partial charge in [-0.2, -0.15) is 5.26 Å². The standard InChI is InChI=1S/C13H14BrNO2/c1-3-10-4-9(8-15)5-11(12(10)7-14)6-13(16)17-2/h4-5H,3,6-7H2,1-2H3. The number of hydrogen-bond acceptors (Lipinski definition) is 3. The van der Waals surface area contributed by atoms with E-state index in [-0.39, 0.29) is 12.4 Å². The van der Waals surface area contributed by atoms with Crippen LogP contribution in [0.2, 0.25) is 0 Å². The largest absolute Gasteiger partial charge is 0.469 e. The molecule has 4 heteroatoms. The first-order valence-electron chi connectivity index (χ1n) is 5.33. The van der Waals surface area contributed by atoms with Crippen LogP contribution in [0.15, 0.2) is 12.1 Å². The summed E-state index contributed by atoms with van der Waals surface area (Å²) in [4.78, 5) is 11.3. The lowest BCUT2D eigenvalue weighted by Gasteiger charge is -2.12. The number of nitrogens with zero attached hydrogens (tertiary/aromatic N) is 1. The van der Waals surface area contributed by atoms with Gasteiger partial charge in [-0.25, -0.2) is 0 Å². The maximum absolute atomic E-state index is 11.3. The van der Waals surface area contributed by atoms with Crippen molar-refractivity contribution in [1.82, 2.24) is 0 Å². The Labute approximate surface area is 110 Å². The van der Waals surface area contributed by atoms with Crippen LogP contribution in [0.25, 0.3) is 0 Å². The Morgan fingerprint density at radius 1 is 1.47 bits per heavy atom. The average molecular weight is 296 g/mol. The molecule has 0 heterocycles.